The molecule has 0 aliphatic heterocycles. The molecule has 2 heterocycles. The largest absolute Gasteiger partial charge is 0.325 e. The van der Waals surface area contributed by atoms with Crippen molar-refractivity contribution in [3.8, 4) is 0 Å². The number of anilines is 1. The van der Waals surface area contributed by atoms with Gasteiger partial charge in [0.15, 0.2) is 5.65 Å². The van der Waals surface area contributed by atoms with Crippen molar-refractivity contribution in [1.82, 2.24) is 19.7 Å². The lowest BCUT2D eigenvalue weighted by Crippen LogP contribution is -2.15. The van der Waals surface area contributed by atoms with Gasteiger partial charge in [-0.25, -0.2) is 18.5 Å². The molecule has 4 aromatic rings. The minimum Gasteiger partial charge on any atom is -0.325 e. The summed E-state index contributed by atoms with van der Waals surface area (Å²) in [6, 6.07) is 13.7. The van der Waals surface area contributed by atoms with E-state index in [1.807, 2.05) is 18.2 Å². The molecular weight excluding hydrogens is 448 g/mol. The first-order valence-corrected chi connectivity index (χ1v) is 12.6. The monoisotopic (exact) mass is 470 g/mol. The Balaban J connectivity index is 1.49. The second-order valence-electron chi connectivity index (χ2n) is 7.20. The van der Waals surface area contributed by atoms with E-state index in [0.717, 1.165) is 41.5 Å². The van der Waals surface area contributed by atoms with Gasteiger partial charge in [0.2, 0.25) is 21.1 Å². The van der Waals surface area contributed by atoms with E-state index in [-0.39, 0.29) is 16.6 Å². The van der Waals surface area contributed by atoms with Gasteiger partial charge in [0.05, 0.1) is 16.2 Å². The summed E-state index contributed by atoms with van der Waals surface area (Å²) in [7, 11) is -3.77. The minimum atomic E-state index is -3.77. The Hall–Kier alpha value is -3.02. The Morgan fingerprint density at radius 3 is 2.59 bits per heavy atom. The minimum absolute atomic E-state index is 0.0175. The highest BCUT2D eigenvalue weighted by molar-refractivity contribution is 7.99. The first-order chi connectivity index (χ1) is 15.4. The topological polar surface area (TPSA) is 133 Å². The van der Waals surface area contributed by atoms with E-state index in [2.05, 4.69) is 38.1 Å². The van der Waals surface area contributed by atoms with Crippen LogP contribution in [0.4, 0.5) is 5.69 Å². The number of nitrogens with two attached hydrogens (primary N) is 1. The Labute approximate surface area is 189 Å². The van der Waals surface area contributed by atoms with Gasteiger partial charge in [-0.05, 0) is 36.8 Å². The van der Waals surface area contributed by atoms with E-state index in [9.17, 15) is 13.2 Å². The highest BCUT2D eigenvalue weighted by Crippen LogP contribution is 2.27. The fourth-order valence-corrected chi connectivity index (χ4v) is 4.45. The highest BCUT2D eigenvalue weighted by atomic mass is 32.2. The molecule has 2 aromatic carbocycles. The summed E-state index contributed by atoms with van der Waals surface area (Å²) >= 11 is 1.19. The summed E-state index contributed by atoms with van der Waals surface area (Å²) in [6.45, 7) is 2.97. The molecular formula is C21H22N6O3S2. The molecule has 0 aliphatic rings. The van der Waals surface area contributed by atoms with Crippen molar-refractivity contribution in [2.45, 2.75) is 36.4 Å². The fraction of sp³-hybridized carbons (Fsp3) is 0.238. The Morgan fingerprint density at radius 2 is 1.88 bits per heavy atom. The van der Waals surface area contributed by atoms with Crippen LogP contribution in [0.1, 0.15) is 19.8 Å². The first-order valence-electron chi connectivity index (χ1n) is 10.0. The molecule has 0 aliphatic carbocycles. The molecule has 166 valence electrons. The molecule has 0 saturated carbocycles. The number of para-hydroxylation sites is 1. The van der Waals surface area contributed by atoms with Crippen molar-refractivity contribution in [3.05, 3.63) is 48.5 Å². The third-order valence-corrected chi connectivity index (χ3v) is 6.66. The molecule has 0 unspecified atom stereocenters. The van der Waals surface area contributed by atoms with Gasteiger partial charge in [-0.2, -0.15) is 0 Å². The van der Waals surface area contributed by atoms with Gasteiger partial charge in [0, 0.05) is 17.6 Å². The summed E-state index contributed by atoms with van der Waals surface area (Å²) in [5.41, 5.74) is 3.05. The van der Waals surface area contributed by atoms with E-state index >= 15 is 0 Å². The number of carbonyl (C=O) groups excluding carboxylic acids is 1. The number of nitrogens with one attached hydrogen (secondary N) is 1. The van der Waals surface area contributed by atoms with E-state index in [4.69, 9.17) is 5.14 Å². The van der Waals surface area contributed by atoms with Crippen LogP contribution in [0.15, 0.2) is 58.6 Å². The number of hydrogen-bond acceptors (Lipinski definition) is 7. The molecule has 2 aromatic heterocycles. The van der Waals surface area contributed by atoms with Crippen molar-refractivity contribution in [1.29, 1.82) is 0 Å². The second kappa shape index (κ2) is 9.23. The fourth-order valence-electron chi connectivity index (χ4n) is 3.35. The molecule has 9 nitrogen and oxygen atoms in total. The number of sulfonamides is 1. The van der Waals surface area contributed by atoms with Crippen molar-refractivity contribution in [3.63, 3.8) is 0 Å². The van der Waals surface area contributed by atoms with Crippen LogP contribution in [0, 0.1) is 0 Å². The summed E-state index contributed by atoms with van der Waals surface area (Å²) in [4.78, 5) is 17.0. The quantitative estimate of drug-likeness (QED) is 0.378. The van der Waals surface area contributed by atoms with Crippen molar-refractivity contribution in [2.24, 2.45) is 5.14 Å². The number of hydrogen-bond donors (Lipinski definition) is 2. The zero-order valence-electron chi connectivity index (χ0n) is 17.4. The number of aryl methyl sites for hydroxylation is 1. The van der Waals surface area contributed by atoms with Gasteiger partial charge in [0.25, 0.3) is 0 Å². The predicted molar refractivity (Wildman–Crippen MR) is 125 cm³/mol. The zero-order valence-corrected chi connectivity index (χ0v) is 19.0. The molecule has 0 atom stereocenters. The number of thioether (sulfide) groups is 1. The summed E-state index contributed by atoms with van der Waals surface area (Å²) in [6.07, 6.45) is 2.08. The van der Waals surface area contributed by atoms with Crippen molar-refractivity contribution >= 4 is 55.4 Å². The molecule has 32 heavy (non-hydrogen) atoms. The average Bonchev–Trinajstić information content (AvgIpc) is 3.09. The van der Waals surface area contributed by atoms with Crippen molar-refractivity contribution < 1.29 is 13.2 Å². The smallest absolute Gasteiger partial charge is 0.238 e. The van der Waals surface area contributed by atoms with Crippen molar-refractivity contribution in [2.75, 3.05) is 11.1 Å². The number of benzene rings is 2. The van der Waals surface area contributed by atoms with E-state index < -0.39 is 10.0 Å². The van der Waals surface area contributed by atoms with Gasteiger partial charge in [-0.1, -0.05) is 43.3 Å². The lowest BCUT2D eigenvalue weighted by molar-refractivity contribution is -0.113. The number of rotatable bonds is 8. The number of fused-ring (bicyclic) bond motifs is 3. The molecule has 0 fully saturated rings. The zero-order chi connectivity index (χ0) is 22.7. The van der Waals surface area contributed by atoms with Gasteiger partial charge in [-0.3, -0.25) is 4.79 Å². The Bertz CT molecular complexity index is 1380. The maximum absolute atomic E-state index is 12.3. The van der Waals surface area contributed by atoms with Gasteiger partial charge in [0.1, 0.15) is 5.52 Å². The van der Waals surface area contributed by atoms with Crippen LogP contribution in [-0.2, 0) is 21.4 Å². The number of aromatic nitrogens is 4. The first kappa shape index (κ1) is 22.2. The number of amides is 1. The molecule has 0 bridgehead atoms. The molecule has 11 heteroatoms. The third-order valence-electron chi connectivity index (χ3n) is 4.89. The van der Waals surface area contributed by atoms with E-state index in [1.54, 1.807) is 0 Å². The van der Waals surface area contributed by atoms with Gasteiger partial charge in [-0.15, -0.1) is 10.2 Å². The van der Waals surface area contributed by atoms with Crippen LogP contribution < -0.4 is 10.5 Å². The van der Waals surface area contributed by atoms with Gasteiger partial charge < -0.3 is 9.88 Å². The highest BCUT2D eigenvalue weighted by Gasteiger charge is 2.15. The lowest BCUT2D eigenvalue weighted by atomic mass is 10.2. The maximum atomic E-state index is 12.3. The molecule has 0 radical (unpaired) electrons. The Kier molecular flexibility index (Phi) is 6.40. The maximum Gasteiger partial charge on any atom is 0.238 e. The molecule has 3 N–H and O–H groups in total. The number of unbranched alkanes of at least 4 members (excludes halogenated alkanes) is 1. The normalized spacial score (nSPS) is 11.8. The SMILES string of the molecule is CCCCn1c2ccccc2c2nnc(SCC(=O)Nc3ccc(S(N)(=O)=O)cc3)nc21. The van der Waals surface area contributed by atoms with E-state index in [1.165, 1.54) is 36.0 Å². The van der Waals surface area contributed by atoms with Crippen LogP contribution in [-0.4, -0.2) is 39.8 Å². The second-order valence-corrected chi connectivity index (χ2v) is 9.70. The summed E-state index contributed by atoms with van der Waals surface area (Å²) in [5.74, 6) is -0.187. The van der Waals surface area contributed by atoms with Crippen LogP contribution in [0.5, 0.6) is 0 Å². The predicted octanol–water partition coefficient (Wildman–Crippen LogP) is 3.16. The van der Waals surface area contributed by atoms with Crippen LogP contribution >= 0.6 is 11.8 Å². The number of carbonyl (C=O) groups is 1. The van der Waals surface area contributed by atoms with E-state index in [0.29, 0.717) is 10.8 Å². The average molecular weight is 471 g/mol. The molecule has 1 amide bonds. The third kappa shape index (κ3) is 4.74. The van der Waals surface area contributed by atoms with Crippen LogP contribution in [0.25, 0.3) is 22.1 Å². The summed E-state index contributed by atoms with van der Waals surface area (Å²) in [5, 5.41) is 17.8. The summed E-state index contributed by atoms with van der Waals surface area (Å²) < 4.78 is 24.8. The number of nitrogens with zero attached hydrogens (tertiary/aromatic N) is 4. The molecule has 0 saturated heterocycles. The Morgan fingerprint density at radius 1 is 1.12 bits per heavy atom. The lowest BCUT2D eigenvalue weighted by Gasteiger charge is -2.07. The van der Waals surface area contributed by atoms with Gasteiger partial charge >= 0.3 is 0 Å². The number of primary sulfonamides is 1. The van der Waals surface area contributed by atoms with Crippen LogP contribution in [0.3, 0.4) is 0 Å². The molecule has 0 spiro atoms. The molecule has 4 rings (SSSR count). The standard InChI is InChI=1S/C21H22N6O3S2/c1-2-3-12-27-17-7-5-4-6-16(17)19-20(27)24-21(26-25-19)31-13-18(28)23-14-8-10-15(11-9-14)32(22,29)30/h4-11H,2-3,12-13H2,1H3,(H,23,28)(H2,22,29,30). The van der Waals surface area contributed by atoms with Crippen LogP contribution in [0.2, 0.25) is 0 Å².